The number of primary amides is 1. The van der Waals surface area contributed by atoms with Crippen molar-refractivity contribution < 1.29 is 13.6 Å². The number of fused-ring (bicyclic) bond motifs is 1. The highest BCUT2D eigenvalue weighted by Crippen LogP contribution is 2.41. The molecule has 0 saturated carbocycles. The summed E-state index contributed by atoms with van der Waals surface area (Å²) in [5.74, 6) is -0.850. The van der Waals surface area contributed by atoms with Crippen molar-refractivity contribution in [3.8, 4) is 0 Å². The second kappa shape index (κ2) is 7.86. The number of nitrogens with two attached hydrogens (primary N) is 2. The molecule has 7 nitrogen and oxygen atoms in total. The first kappa shape index (κ1) is 20.6. The fraction of sp³-hybridized carbons (Fsp3) is 0.350. The molecule has 0 spiro atoms. The third kappa shape index (κ3) is 3.30. The molecule has 1 aromatic heterocycles. The lowest BCUT2D eigenvalue weighted by Crippen LogP contribution is -2.63. The van der Waals surface area contributed by atoms with Gasteiger partial charge in [-0.3, -0.25) is 9.78 Å². The molecule has 2 unspecified atom stereocenters. The summed E-state index contributed by atoms with van der Waals surface area (Å²) in [6.45, 7) is 0. The van der Waals surface area contributed by atoms with Gasteiger partial charge in [-0.25, -0.2) is 13.8 Å². The van der Waals surface area contributed by atoms with E-state index in [1.165, 1.54) is 6.07 Å². The van der Waals surface area contributed by atoms with E-state index in [-0.39, 0.29) is 16.9 Å². The number of benzene rings is 1. The minimum Gasteiger partial charge on any atom is -0.370 e. The van der Waals surface area contributed by atoms with Crippen molar-refractivity contribution >= 4 is 29.1 Å². The third-order valence-electron chi connectivity index (χ3n) is 6.00. The predicted octanol–water partition coefficient (Wildman–Crippen LogP) is 1.87. The maximum absolute atomic E-state index is 14.3. The first-order valence-electron chi connectivity index (χ1n) is 9.74. The second-order valence-electron chi connectivity index (χ2n) is 7.71. The van der Waals surface area contributed by atoms with E-state index >= 15 is 0 Å². The molecule has 0 radical (unpaired) electrons. The highest BCUT2D eigenvalue weighted by atomic mass is 32.1. The van der Waals surface area contributed by atoms with Gasteiger partial charge >= 0.3 is 0 Å². The largest absolute Gasteiger partial charge is 0.370 e. The molecule has 1 aliphatic carbocycles. The number of hydrogen-bond donors (Lipinski definition) is 4. The van der Waals surface area contributed by atoms with Crippen molar-refractivity contribution in [2.45, 2.75) is 44.2 Å². The lowest BCUT2D eigenvalue weighted by atomic mass is 9.85. The number of rotatable bonds is 6. The quantitative estimate of drug-likeness (QED) is 0.411. The van der Waals surface area contributed by atoms with E-state index < -0.39 is 23.6 Å². The number of nitrogens with zero attached hydrogens (tertiary/aromatic N) is 2. The van der Waals surface area contributed by atoms with E-state index in [0.717, 1.165) is 11.8 Å². The van der Waals surface area contributed by atoms with Crippen LogP contribution in [0.15, 0.2) is 36.6 Å². The van der Waals surface area contributed by atoms with Crippen molar-refractivity contribution in [3.05, 3.63) is 59.3 Å². The SMILES string of the molecule is NC(=O)CC[C@H](N)C1=CNC(=S)[N+]1(c1cnc[nH]1)C1CCc2c(F)cc(F)cc2C1. The van der Waals surface area contributed by atoms with E-state index in [2.05, 4.69) is 15.3 Å². The lowest BCUT2D eigenvalue weighted by molar-refractivity contribution is -0.118. The molecule has 2 heterocycles. The summed E-state index contributed by atoms with van der Waals surface area (Å²) in [7, 11) is 0. The van der Waals surface area contributed by atoms with E-state index in [9.17, 15) is 13.6 Å². The Kier molecular flexibility index (Phi) is 5.39. The molecule has 0 saturated heterocycles. The Balaban J connectivity index is 1.77. The number of amides is 1. The molecule has 4 rings (SSSR count). The van der Waals surface area contributed by atoms with Crippen molar-refractivity contribution in [1.82, 2.24) is 19.8 Å². The number of imidazole rings is 1. The van der Waals surface area contributed by atoms with Gasteiger partial charge in [0.2, 0.25) is 11.7 Å². The predicted molar refractivity (Wildman–Crippen MR) is 113 cm³/mol. The number of aromatic amines is 1. The Morgan fingerprint density at radius 3 is 2.90 bits per heavy atom. The zero-order valence-electron chi connectivity index (χ0n) is 16.2. The van der Waals surface area contributed by atoms with Crippen LogP contribution in [0.1, 0.15) is 30.4 Å². The summed E-state index contributed by atoms with van der Waals surface area (Å²) in [5.41, 5.74) is 13.7. The minimum absolute atomic E-state index is 0.0901. The minimum atomic E-state index is -0.601. The van der Waals surface area contributed by atoms with Gasteiger partial charge in [0, 0.05) is 37.5 Å². The number of nitrogens with one attached hydrogen (secondary N) is 2. The number of H-pyrrole nitrogens is 1. The van der Waals surface area contributed by atoms with E-state index in [1.54, 1.807) is 18.7 Å². The molecular formula is C20H23F2N6OS+. The van der Waals surface area contributed by atoms with E-state index in [1.807, 2.05) is 0 Å². The summed E-state index contributed by atoms with van der Waals surface area (Å²) in [6, 6.07) is 1.65. The van der Waals surface area contributed by atoms with Gasteiger partial charge in [0.25, 0.3) is 5.11 Å². The first-order valence-corrected chi connectivity index (χ1v) is 10.1. The van der Waals surface area contributed by atoms with Gasteiger partial charge in [0.15, 0.2) is 5.70 Å². The monoisotopic (exact) mass is 433 g/mol. The van der Waals surface area contributed by atoms with E-state index in [0.29, 0.717) is 47.7 Å². The van der Waals surface area contributed by atoms with Gasteiger partial charge in [-0.05, 0) is 30.0 Å². The number of aromatic nitrogens is 2. The second-order valence-corrected chi connectivity index (χ2v) is 8.10. The number of carbonyl (C=O) groups is 1. The highest BCUT2D eigenvalue weighted by molar-refractivity contribution is 7.80. The average molecular weight is 434 g/mol. The number of thiocarbonyl (C=S) groups is 1. The summed E-state index contributed by atoms with van der Waals surface area (Å²) >= 11 is 5.73. The maximum Gasteiger partial charge on any atom is 0.285 e. The molecule has 6 N–H and O–H groups in total. The fourth-order valence-electron chi connectivity index (χ4n) is 4.65. The van der Waals surface area contributed by atoms with E-state index in [4.69, 9.17) is 23.7 Å². The molecule has 1 aromatic carbocycles. The standard InChI is InChI=1S/C20H22F2N6OS/c21-12-5-11-6-13(1-2-14(11)15(22)7-12)28(19-9-25-10-27-19)17(8-26-20(28)30)16(23)3-4-18(24)29/h5,7-10,13,16H,1-4,6,23H2,(H3-,24,25,26,27,29,30)/p+1/t13?,16-,28?/m0/s1. The van der Waals surface area contributed by atoms with Crippen LogP contribution in [0, 0.1) is 11.6 Å². The lowest BCUT2D eigenvalue weighted by Gasteiger charge is -2.42. The van der Waals surface area contributed by atoms with Crippen LogP contribution in [0.5, 0.6) is 0 Å². The van der Waals surface area contributed by atoms with Crippen LogP contribution in [0.25, 0.3) is 0 Å². The zero-order chi connectivity index (χ0) is 21.5. The van der Waals surface area contributed by atoms with Gasteiger partial charge in [-0.1, -0.05) is 0 Å². The van der Waals surface area contributed by atoms with Crippen LogP contribution >= 0.6 is 12.2 Å². The van der Waals surface area contributed by atoms with Gasteiger partial charge in [0.05, 0.1) is 18.6 Å². The third-order valence-corrected chi connectivity index (χ3v) is 6.41. The van der Waals surface area contributed by atoms with Crippen LogP contribution in [0.3, 0.4) is 0 Å². The summed E-state index contributed by atoms with van der Waals surface area (Å²) < 4.78 is 28.3. The van der Waals surface area contributed by atoms with Gasteiger partial charge in [0.1, 0.15) is 23.9 Å². The molecular weight excluding hydrogens is 410 g/mol. The molecule has 0 bridgehead atoms. The van der Waals surface area contributed by atoms with Gasteiger partial charge in [-0.15, -0.1) is 0 Å². The van der Waals surface area contributed by atoms with Gasteiger partial charge in [-0.2, -0.15) is 4.48 Å². The Bertz CT molecular complexity index is 1020. The number of quaternary nitrogens is 1. The van der Waals surface area contributed by atoms with Crippen LogP contribution in [-0.4, -0.2) is 33.1 Å². The normalized spacial score (nSPS) is 24.2. The summed E-state index contributed by atoms with van der Waals surface area (Å²) in [6.07, 6.45) is 6.95. The van der Waals surface area contributed by atoms with Crippen LogP contribution in [-0.2, 0) is 17.6 Å². The molecule has 10 heteroatoms. The Morgan fingerprint density at radius 2 is 2.20 bits per heavy atom. The average Bonchev–Trinajstić information content (AvgIpc) is 3.34. The summed E-state index contributed by atoms with van der Waals surface area (Å²) in [4.78, 5) is 18.6. The first-order chi connectivity index (χ1) is 14.3. The van der Waals surface area contributed by atoms with Crippen LogP contribution in [0.2, 0.25) is 0 Å². The Labute approximate surface area is 177 Å². The maximum atomic E-state index is 14.3. The molecule has 2 aliphatic rings. The van der Waals surface area contributed by atoms with Crippen molar-refractivity contribution in [3.63, 3.8) is 0 Å². The summed E-state index contributed by atoms with van der Waals surface area (Å²) in [5, 5.41) is 3.61. The molecule has 30 heavy (non-hydrogen) atoms. The topological polar surface area (TPSA) is 110 Å². The number of halogens is 2. The Hall–Kier alpha value is -2.69. The molecule has 158 valence electrons. The number of carbonyl (C=O) groups excluding carboxylic acids is 1. The smallest absolute Gasteiger partial charge is 0.285 e. The van der Waals surface area contributed by atoms with Crippen LogP contribution in [0.4, 0.5) is 14.6 Å². The molecule has 1 amide bonds. The Morgan fingerprint density at radius 1 is 1.40 bits per heavy atom. The molecule has 3 atom stereocenters. The number of hydrogen-bond acceptors (Lipinski definition) is 4. The van der Waals surface area contributed by atoms with Crippen molar-refractivity contribution in [2.24, 2.45) is 11.5 Å². The highest BCUT2D eigenvalue weighted by Gasteiger charge is 2.54. The molecule has 2 aromatic rings. The fourth-order valence-corrected chi connectivity index (χ4v) is 5.06. The van der Waals surface area contributed by atoms with Gasteiger partial charge < -0.3 is 16.8 Å². The zero-order valence-corrected chi connectivity index (χ0v) is 17.0. The van der Waals surface area contributed by atoms with Crippen molar-refractivity contribution in [2.75, 3.05) is 0 Å². The van der Waals surface area contributed by atoms with Crippen LogP contribution < -0.4 is 21.3 Å². The molecule has 1 aliphatic heterocycles. The van der Waals surface area contributed by atoms with Crippen molar-refractivity contribution in [1.29, 1.82) is 0 Å². The molecule has 0 fully saturated rings.